The number of carboxylic acids is 2. The number of benzene rings is 3. The number of H-pyrrole nitrogens is 1. The van der Waals surface area contributed by atoms with Crippen LogP contribution < -0.4 is 15.4 Å². The predicted octanol–water partition coefficient (Wildman–Crippen LogP) is 5.73. The number of aromatic nitrogens is 2. The molecule has 0 saturated carbocycles. The van der Waals surface area contributed by atoms with Crippen molar-refractivity contribution in [1.29, 1.82) is 0 Å². The topological polar surface area (TPSA) is 163 Å². The number of nitrogens with zero attached hydrogens (tertiary/aromatic N) is 1. The molecule has 1 amide bonds. The molecule has 4 aromatic rings. The first-order valence-electron chi connectivity index (χ1n) is 12.7. The molecule has 0 bridgehead atoms. The summed E-state index contributed by atoms with van der Waals surface area (Å²) in [6, 6.07) is 21.7. The lowest BCUT2D eigenvalue weighted by Crippen LogP contribution is -2.21. The van der Waals surface area contributed by atoms with Crippen LogP contribution in [0.5, 0.6) is 5.75 Å². The lowest BCUT2D eigenvalue weighted by Gasteiger charge is -2.09. The summed E-state index contributed by atoms with van der Waals surface area (Å²) in [7, 11) is 0. The van der Waals surface area contributed by atoms with Gasteiger partial charge in [0.2, 0.25) is 5.95 Å². The fraction of sp³-hybridized carbons (Fsp3) is 0.214. The summed E-state index contributed by atoms with van der Waals surface area (Å²) in [4.78, 5) is 37.5. The van der Waals surface area contributed by atoms with Gasteiger partial charge in [-0.2, -0.15) is 26.3 Å². The van der Waals surface area contributed by atoms with Crippen LogP contribution in [0.1, 0.15) is 11.1 Å². The number of anilines is 1. The minimum Gasteiger partial charge on any atom is -0.492 e. The molecule has 0 spiro atoms. The number of carbonyl (C=O) groups is 3. The van der Waals surface area contributed by atoms with E-state index in [0.29, 0.717) is 12.6 Å². The average molecular weight is 643 g/mol. The summed E-state index contributed by atoms with van der Waals surface area (Å²) in [5.74, 6) is -4.23. The van der Waals surface area contributed by atoms with Gasteiger partial charge in [0.25, 0.3) is 0 Å². The molecule has 3 aromatic carbocycles. The summed E-state index contributed by atoms with van der Waals surface area (Å²) in [6.45, 7) is 2.51. The predicted molar refractivity (Wildman–Crippen MR) is 146 cm³/mol. The number of hydrogen-bond donors (Lipinski definition) is 5. The highest BCUT2D eigenvalue weighted by Gasteiger charge is 2.38. The van der Waals surface area contributed by atoms with Gasteiger partial charge in [-0.1, -0.05) is 42.5 Å². The maximum atomic E-state index is 12.1. The maximum absolute atomic E-state index is 12.1. The zero-order chi connectivity index (χ0) is 33.2. The van der Waals surface area contributed by atoms with Crippen LogP contribution in [-0.4, -0.2) is 63.7 Å². The van der Waals surface area contributed by atoms with E-state index in [-0.39, 0.29) is 6.61 Å². The number of carboxylic acid groups (broad SMARTS) is 2. The Bertz CT molecular complexity index is 1600. The van der Waals surface area contributed by atoms with Crippen molar-refractivity contribution in [3.05, 3.63) is 77.9 Å². The Morgan fingerprint density at radius 3 is 2.11 bits per heavy atom. The Morgan fingerprint density at radius 2 is 1.49 bits per heavy atom. The van der Waals surface area contributed by atoms with Gasteiger partial charge in [-0.05, 0) is 41.0 Å². The van der Waals surface area contributed by atoms with Crippen LogP contribution in [0.3, 0.4) is 0 Å². The number of alkyl halides is 6. The van der Waals surface area contributed by atoms with Gasteiger partial charge in [-0.3, -0.25) is 5.32 Å². The molecule has 0 fully saturated rings. The molecule has 240 valence electrons. The summed E-state index contributed by atoms with van der Waals surface area (Å²) in [6.07, 6.45) is -10.7. The largest absolute Gasteiger partial charge is 0.492 e. The molecule has 17 heteroatoms. The van der Waals surface area contributed by atoms with Crippen LogP contribution in [-0.2, 0) is 27.5 Å². The van der Waals surface area contributed by atoms with Crippen LogP contribution in [0.25, 0.3) is 22.2 Å². The van der Waals surface area contributed by atoms with E-state index in [4.69, 9.17) is 29.3 Å². The number of amides is 1. The Labute approximate surface area is 249 Å². The zero-order valence-electron chi connectivity index (χ0n) is 22.8. The molecule has 5 rings (SSSR count). The fourth-order valence-electron chi connectivity index (χ4n) is 3.60. The minimum absolute atomic E-state index is 0.202. The molecule has 0 saturated heterocycles. The number of halogens is 6. The Kier molecular flexibility index (Phi) is 11.3. The second-order valence-corrected chi connectivity index (χ2v) is 8.96. The normalized spacial score (nSPS) is 12.6. The van der Waals surface area contributed by atoms with Crippen molar-refractivity contribution in [3.8, 4) is 16.9 Å². The number of aromatic amines is 1. The fourth-order valence-corrected chi connectivity index (χ4v) is 3.60. The molecular weight excluding hydrogens is 618 g/mol. The molecule has 45 heavy (non-hydrogen) atoms. The van der Waals surface area contributed by atoms with E-state index in [2.05, 4.69) is 32.7 Å². The quantitative estimate of drug-likeness (QED) is 0.175. The lowest BCUT2D eigenvalue weighted by molar-refractivity contribution is -0.193. The van der Waals surface area contributed by atoms with Crippen LogP contribution in [0.15, 0.2) is 66.7 Å². The number of hydrogen-bond acceptors (Lipinski definition) is 7. The van der Waals surface area contributed by atoms with E-state index in [0.717, 1.165) is 52.1 Å². The van der Waals surface area contributed by atoms with E-state index in [1.165, 1.54) is 0 Å². The molecule has 0 aliphatic carbocycles. The summed E-state index contributed by atoms with van der Waals surface area (Å²) in [5, 5.41) is 20.3. The van der Waals surface area contributed by atoms with E-state index >= 15 is 0 Å². The van der Waals surface area contributed by atoms with Crippen molar-refractivity contribution in [2.45, 2.75) is 25.5 Å². The van der Waals surface area contributed by atoms with Gasteiger partial charge in [-0.25, -0.2) is 19.4 Å². The third kappa shape index (κ3) is 10.7. The number of fused-ring (bicyclic) bond motifs is 2. The number of imidazole rings is 1. The highest BCUT2D eigenvalue weighted by atomic mass is 19.4. The molecule has 1 aromatic heterocycles. The molecule has 0 radical (unpaired) electrons. The van der Waals surface area contributed by atoms with Crippen molar-refractivity contribution in [2.24, 2.45) is 0 Å². The minimum atomic E-state index is -5.08. The summed E-state index contributed by atoms with van der Waals surface area (Å²) in [5.41, 5.74) is 5.82. The number of nitrogens with one attached hydrogen (secondary N) is 3. The number of rotatable bonds is 4. The molecule has 0 unspecified atom stereocenters. The highest BCUT2D eigenvalue weighted by molar-refractivity contribution is 5.88. The number of aliphatic carboxylic acids is 2. The van der Waals surface area contributed by atoms with Gasteiger partial charge in [-0.15, -0.1) is 0 Å². The van der Waals surface area contributed by atoms with Crippen molar-refractivity contribution in [2.75, 3.05) is 18.5 Å². The maximum Gasteiger partial charge on any atom is 0.490 e. The van der Waals surface area contributed by atoms with E-state index in [9.17, 15) is 31.1 Å². The van der Waals surface area contributed by atoms with Crippen LogP contribution in [0.4, 0.5) is 37.1 Å². The lowest BCUT2D eigenvalue weighted by atomic mass is 10.0. The van der Waals surface area contributed by atoms with Gasteiger partial charge in [0, 0.05) is 18.7 Å². The average Bonchev–Trinajstić information content (AvgIpc) is 3.22. The third-order valence-electron chi connectivity index (χ3n) is 5.65. The number of ether oxygens (including phenoxy) is 2. The van der Waals surface area contributed by atoms with Crippen molar-refractivity contribution in [1.82, 2.24) is 15.3 Å². The third-order valence-corrected chi connectivity index (χ3v) is 5.65. The molecular formula is C28H24F6N4O7. The van der Waals surface area contributed by atoms with E-state index in [1.54, 1.807) is 0 Å². The van der Waals surface area contributed by atoms with Crippen molar-refractivity contribution < 1.29 is 60.4 Å². The van der Waals surface area contributed by atoms with Crippen LogP contribution >= 0.6 is 0 Å². The monoisotopic (exact) mass is 642 g/mol. The van der Waals surface area contributed by atoms with Crippen LogP contribution in [0, 0.1) is 0 Å². The molecule has 5 N–H and O–H groups in total. The van der Waals surface area contributed by atoms with Gasteiger partial charge in [0.15, 0.2) is 0 Å². The first-order valence-corrected chi connectivity index (χ1v) is 12.7. The SMILES string of the molecule is O=C(Nc1nc2ccc(-c3ccc4c(c3)CNCCO4)cc2[nH]1)OCc1ccccc1.O=C(O)C(F)(F)F.O=C(O)C(F)(F)F. The van der Waals surface area contributed by atoms with E-state index in [1.807, 2.05) is 54.6 Å². The van der Waals surface area contributed by atoms with Crippen molar-refractivity contribution >= 4 is 35.0 Å². The Balaban J connectivity index is 0.000000331. The number of carbonyl (C=O) groups excluding carboxylic acids is 1. The van der Waals surface area contributed by atoms with Crippen molar-refractivity contribution in [3.63, 3.8) is 0 Å². The molecule has 1 aliphatic rings. The Hall–Kier alpha value is -5.32. The van der Waals surface area contributed by atoms with Gasteiger partial charge in [0.1, 0.15) is 19.0 Å². The first-order chi connectivity index (χ1) is 21.1. The van der Waals surface area contributed by atoms with Gasteiger partial charge in [0.05, 0.1) is 11.0 Å². The Morgan fingerprint density at radius 1 is 0.889 bits per heavy atom. The van der Waals surface area contributed by atoms with Crippen LogP contribution in [0.2, 0.25) is 0 Å². The summed E-state index contributed by atoms with van der Waals surface area (Å²) < 4.78 is 74.5. The molecule has 1 aliphatic heterocycles. The van der Waals surface area contributed by atoms with Gasteiger partial charge < -0.3 is 30.0 Å². The summed E-state index contributed by atoms with van der Waals surface area (Å²) >= 11 is 0. The first kappa shape index (κ1) is 34.2. The molecule has 2 heterocycles. The molecule has 0 atom stereocenters. The van der Waals surface area contributed by atoms with E-state index < -0.39 is 30.4 Å². The second-order valence-electron chi connectivity index (χ2n) is 8.96. The highest BCUT2D eigenvalue weighted by Crippen LogP contribution is 2.29. The van der Waals surface area contributed by atoms with Gasteiger partial charge >= 0.3 is 30.4 Å². The standard InChI is InChI=1S/C24H22N4O3.2C2HF3O2/c29-24(31-15-16-4-2-1-3-5-16)28-23-26-20-8-6-18(13-21(20)27-23)17-7-9-22-19(12-17)14-25-10-11-30-22;2*3-2(4,5)1(6)7/h1-9,12-13,25H,10-11,14-15H2,(H2,26,27,28,29);2*(H,6,7). The smallest absolute Gasteiger partial charge is 0.490 e. The molecule has 11 nitrogen and oxygen atoms in total. The zero-order valence-corrected chi connectivity index (χ0v) is 22.8. The second kappa shape index (κ2) is 14.9.